The number of halogens is 1. The zero-order chi connectivity index (χ0) is 24.1. The van der Waals surface area contributed by atoms with Crippen LogP contribution in [0.15, 0.2) is 66.0 Å². The maximum absolute atomic E-state index is 12.8. The lowest BCUT2D eigenvalue weighted by Crippen LogP contribution is -2.14. The standard InChI is InChI=1S/C25H19ClN4O3S/c1-32-14-33-22-6-3-2-5-16(22)21-12-17(18-11-15(28)8-9-20(18)26)19(13-27)24(29-21)30-25(31)23-7-4-10-34-23/h2-12H,14,28H2,1H3,(H,29,30,31). The number of hydrogen-bond acceptors (Lipinski definition) is 7. The van der Waals surface area contributed by atoms with Crippen LogP contribution in [0.1, 0.15) is 15.2 Å². The Labute approximate surface area is 205 Å². The quantitative estimate of drug-likeness (QED) is 0.249. The second kappa shape index (κ2) is 10.4. The Morgan fingerprint density at radius 3 is 2.71 bits per heavy atom. The van der Waals surface area contributed by atoms with Crippen molar-refractivity contribution >= 4 is 40.4 Å². The van der Waals surface area contributed by atoms with Crippen molar-refractivity contribution in [2.75, 3.05) is 25.0 Å². The normalized spacial score (nSPS) is 10.5. The Hall–Kier alpha value is -3.90. The average Bonchev–Trinajstić information content (AvgIpc) is 3.39. The van der Waals surface area contributed by atoms with Crippen molar-refractivity contribution in [3.05, 3.63) is 81.5 Å². The molecular formula is C25H19ClN4O3S. The first-order valence-electron chi connectivity index (χ1n) is 10.1. The number of pyridine rings is 1. The van der Waals surface area contributed by atoms with Gasteiger partial charge in [0.1, 0.15) is 17.4 Å². The van der Waals surface area contributed by atoms with Gasteiger partial charge in [0, 0.05) is 34.5 Å². The Morgan fingerprint density at radius 1 is 1.15 bits per heavy atom. The molecule has 2 aromatic carbocycles. The lowest BCUT2D eigenvalue weighted by molar-refractivity contribution is 0.0515. The van der Waals surface area contributed by atoms with Crippen LogP contribution in [0.25, 0.3) is 22.4 Å². The van der Waals surface area contributed by atoms with Crippen molar-refractivity contribution in [1.29, 1.82) is 5.26 Å². The van der Waals surface area contributed by atoms with Gasteiger partial charge in [0.15, 0.2) is 12.6 Å². The van der Waals surface area contributed by atoms with Crippen molar-refractivity contribution in [2.24, 2.45) is 0 Å². The molecule has 4 rings (SSSR count). The van der Waals surface area contributed by atoms with Gasteiger partial charge in [0.2, 0.25) is 0 Å². The number of carbonyl (C=O) groups excluding carboxylic acids is 1. The van der Waals surface area contributed by atoms with Crippen LogP contribution in [-0.4, -0.2) is 24.8 Å². The van der Waals surface area contributed by atoms with E-state index in [4.69, 9.17) is 26.8 Å². The maximum Gasteiger partial charge on any atom is 0.266 e. The third kappa shape index (κ3) is 4.87. The number of methoxy groups -OCH3 is 1. The molecule has 0 spiro atoms. The molecule has 0 unspecified atom stereocenters. The summed E-state index contributed by atoms with van der Waals surface area (Å²) < 4.78 is 10.7. The second-order valence-corrected chi connectivity index (χ2v) is 8.46. The summed E-state index contributed by atoms with van der Waals surface area (Å²) in [6.07, 6.45) is 0. The molecule has 7 nitrogen and oxygen atoms in total. The SMILES string of the molecule is COCOc1ccccc1-c1cc(-c2cc(N)ccc2Cl)c(C#N)c(NC(=O)c2cccs2)n1. The molecule has 0 aliphatic heterocycles. The third-order valence-corrected chi connectivity index (χ3v) is 6.08. The Morgan fingerprint density at radius 2 is 1.97 bits per heavy atom. The molecule has 170 valence electrons. The smallest absolute Gasteiger partial charge is 0.266 e. The highest BCUT2D eigenvalue weighted by molar-refractivity contribution is 7.12. The molecule has 0 fully saturated rings. The minimum atomic E-state index is -0.371. The minimum Gasteiger partial charge on any atom is -0.467 e. The number of hydrogen-bond donors (Lipinski definition) is 2. The minimum absolute atomic E-state index is 0.0448. The number of aromatic nitrogens is 1. The summed E-state index contributed by atoms with van der Waals surface area (Å²) in [5.41, 5.74) is 8.80. The van der Waals surface area contributed by atoms with Crippen LogP contribution in [0, 0.1) is 11.3 Å². The molecule has 3 N–H and O–H groups in total. The van der Waals surface area contributed by atoms with Crippen LogP contribution in [0.4, 0.5) is 11.5 Å². The number of nitrogens with zero attached hydrogens (tertiary/aromatic N) is 2. The fraction of sp³-hybridized carbons (Fsp3) is 0.0800. The van der Waals surface area contributed by atoms with Crippen LogP contribution in [-0.2, 0) is 4.74 Å². The van der Waals surface area contributed by atoms with E-state index in [1.54, 1.807) is 47.8 Å². The van der Waals surface area contributed by atoms with E-state index in [9.17, 15) is 10.1 Å². The summed E-state index contributed by atoms with van der Waals surface area (Å²) in [4.78, 5) is 17.9. The van der Waals surface area contributed by atoms with Gasteiger partial charge in [-0.05, 0) is 47.8 Å². The number of amides is 1. The molecule has 0 aliphatic carbocycles. The topological polar surface area (TPSA) is 110 Å². The molecule has 2 heterocycles. The number of para-hydroxylation sites is 1. The van der Waals surface area contributed by atoms with Crippen molar-refractivity contribution in [1.82, 2.24) is 4.98 Å². The number of ether oxygens (including phenoxy) is 2. The highest BCUT2D eigenvalue weighted by atomic mass is 35.5. The fourth-order valence-corrected chi connectivity index (χ4v) is 4.19. The molecule has 0 saturated heterocycles. The van der Waals surface area contributed by atoms with Gasteiger partial charge in [-0.15, -0.1) is 11.3 Å². The van der Waals surface area contributed by atoms with Crippen LogP contribution in [0.5, 0.6) is 5.75 Å². The molecule has 0 radical (unpaired) electrons. The molecule has 34 heavy (non-hydrogen) atoms. The second-order valence-electron chi connectivity index (χ2n) is 7.11. The van der Waals surface area contributed by atoms with Gasteiger partial charge in [0.25, 0.3) is 5.91 Å². The summed E-state index contributed by atoms with van der Waals surface area (Å²) in [6, 6.07) is 19.7. The molecule has 2 aromatic heterocycles. The van der Waals surface area contributed by atoms with E-state index in [1.165, 1.54) is 18.4 Å². The van der Waals surface area contributed by atoms with Gasteiger partial charge >= 0.3 is 0 Å². The van der Waals surface area contributed by atoms with E-state index in [-0.39, 0.29) is 24.1 Å². The molecule has 1 amide bonds. The molecule has 0 saturated carbocycles. The number of carbonyl (C=O) groups is 1. The molecule has 0 atom stereocenters. The van der Waals surface area contributed by atoms with E-state index >= 15 is 0 Å². The van der Waals surface area contributed by atoms with Crippen LogP contribution < -0.4 is 15.8 Å². The molecule has 0 aliphatic rings. The largest absolute Gasteiger partial charge is 0.467 e. The predicted octanol–water partition coefficient (Wildman–Crippen LogP) is 5.82. The van der Waals surface area contributed by atoms with Gasteiger partial charge in [-0.2, -0.15) is 5.26 Å². The van der Waals surface area contributed by atoms with Gasteiger partial charge in [-0.3, -0.25) is 4.79 Å². The zero-order valence-electron chi connectivity index (χ0n) is 18.0. The Kier molecular flexibility index (Phi) is 7.09. The van der Waals surface area contributed by atoms with Crippen molar-refractivity contribution in [3.8, 4) is 34.2 Å². The molecule has 9 heteroatoms. The number of nitrogen functional groups attached to an aromatic ring is 1. The molecular weight excluding hydrogens is 472 g/mol. The molecule has 4 aromatic rings. The monoisotopic (exact) mass is 490 g/mol. The average molecular weight is 491 g/mol. The number of benzene rings is 2. The summed E-state index contributed by atoms with van der Waals surface area (Å²) in [6.45, 7) is 0.0448. The number of nitrogens with one attached hydrogen (secondary N) is 1. The van der Waals surface area contributed by atoms with E-state index in [0.29, 0.717) is 43.7 Å². The number of nitriles is 1. The van der Waals surface area contributed by atoms with E-state index < -0.39 is 0 Å². The molecule has 0 bridgehead atoms. The maximum atomic E-state index is 12.8. The number of nitrogens with two attached hydrogens (primary N) is 1. The van der Waals surface area contributed by atoms with Crippen molar-refractivity contribution in [3.63, 3.8) is 0 Å². The van der Waals surface area contributed by atoms with Crippen LogP contribution >= 0.6 is 22.9 Å². The van der Waals surface area contributed by atoms with E-state index in [2.05, 4.69) is 16.4 Å². The lowest BCUT2D eigenvalue weighted by atomic mass is 9.97. The van der Waals surface area contributed by atoms with E-state index in [0.717, 1.165) is 0 Å². The number of rotatable bonds is 7. The Bertz CT molecular complexity index is 1380. The zero-order valence-corrected chi connectivity index (χ0v) is 19.6. The Balaban J connectivity index is 1.94. The first kappa shape index (κ1) is 23.3. The van der Waals surface area contributed by atoms with Crippen molar-refractivity contribution < 1.29 is 14.3 Å². The summed E-state index contributed by atoms with van der Waals surface area (Å²) in [7, 11) is 1.53. The van der Waals surface area contributed by atoms with Crippen LogP contribution in [0.2, 0.25) is 5.02 Å². The third-order valence-electron chi connectivity index (χ3n) is 4.88. The van der Waals surface area contributed by atoms with Gasteiger partial charge in [-0.1, -0.05) is 29.8 Å². The lowest BCUT2D eigenvalue weighted by Gasteiger charge is -2.16. The highest BCUT2D eigenvalue weighted by Crippen LogP contribution is 2.39. The predicted molar refractivity (Wildman–Crippen MR) is 134 cm³/mol. The first-order valence-corrected chi connectivity index (χ1v) is 11.3. The summed E-state index contributed by atoms with van der Waals surface area (Å²) in [5, 5.41) is 15.0. The van der Waals surface area contributed by atoms with E-state index in [1.807, 2.05) is 18.2 Å². The number of thiophene rings is 1. The number of anilines is 2. The summed E-state index contributed by atoms with van der Waals surface area (Å²) >= 11 is 7.77. The first-order chi connectivity index (χ1) is 16.5. The van der Waals surface area contributed by atoms with Crippen LogP contribution in [0.3, 0.4) is 0 Å². The van der Waals surface area contributed by atoms with Gasteiger partial charge in [-0.25, -0.2) is 4.98 Å². The van der Waals surface area contributed by atoms with Gasteiger partial charge < -0.3 is 20.5 Å². The van der Waals surface area contributed by atoms with Gasteiger partial charge in [0.05, 0.1) is 10.6 Å². The fourth-order valence-electron chi connectivity index (χ4n) is 3.35. The highest BCUT2D eigenvalue weighted by Gasteiger charge is 2.21. The summed E-state index contributed by atoms with van der Waals surface area (Å²) in [5.74, 6) is 0.264. The van der Waals surface area contributed by atoms with Crippen molar-refractivity contribution in [2.45, 2.75) is 0 Å².